The molecule has 0 unspecified atom stereocenters. The first-order chi connectivity index (χ1) is 23.0. The molecule has 0 amide bonds. The summed E-state index contributed by atoms with van der Waals surface area (Å²) in [6.07, 6.45) is 0. The third kappa shape index (κ3) is 8.07. The molecular formula is C45H46O5. The van der Waals surface area contributed by atoms with Crippen molar-refractivity contribution in [2.24, 2.45) is 0 Å². The first-order valence-corrected chi connectivity index (χ1v) is 15.9. The number of carbonyl (C=O) groups excluding carboxylic acids is 1. The van der Waals surface area contributed by atoms with Gasteiger partial charge in [0.2, 0.25) is 0 Å². The molecule has 0 spiro atoms. The van der Waals surface area contributed by atoms with Crippen LogP contribution in [0.2, 0.25) is 0 Å². The van der Waals surface area contributed by atoms with Gasteiger partial charge in [0.05, 0.1) is 0 Å². The third-order valence-corrected chi connectivity index (χ3v) is 9.03. The molecule has 0 aliphatic heterocycles. The maximum absolute atomic E-state index is 13.2. The number of carbonyl (C=O) groups is 1. The standard InChI is InChI=1S/C43H38O5.2CH4/c1-42(2,31-9-17-35(44)18-10-31)33-13-25-39(26-14-33)47-37-21-5-29(6-22-37)41(46)30-7-23-38(24-8-30)48-40-27-15-34(16-28-40)43(3,4)32-11-19-36(45)20-12-32;;/h5-28,44-45H,1-4H3;2*1H4. The van der Waals surface area contributed by atoms with E-state index in [1.807, 2.05) is 72.8 Å². The van der Waals surface area contributed by atoms with Crippen LogP contribution in [0.4, 0.5) is 0 Å². The molecular weight excluding hydrogens is 620 g/mol. The molecule has 0 radical (unpaired) electrons. The van der Waals surface area contributed by atoms with Crippen molar-refractivity contribution in [3.05, 3.63) is 179 Å². The van der Waals surface area contributed by atoms with E-state index in [1.54, 1.807) is 72.8 Å². The van der Waals surface area contributed by atoms with Gasteiger partial charge in [0, 0.05) is 22.0 Å². The summed E-state index contributed by atoms with van der Waals surface area (Å²) in [5, 5.41) is 19.3. The molecule has 0 bridgehead atoms. The highest BCUT2D eigenvalue weighted by Gasteiger charge is 2.24. The van der Waals surface area contributed by atoms with Crippen LogP contribution < -0.4 is 9.47 Å². The first-order valence-electron chi connectivity index (χ1n) is 15.9. The molecule has 6 aromatic carbocycles. The molecule has 0 heterocycles. The number of aromatic hydroxyl groups is 2. The molecule has 0 atom stereocenters. The lowest BCUT2D eigenvalue weighted by atomic mass is 9.78. The van der Waals surface area contributed by atoms with Crippen molar-refractivity contribution >= 4 is 5.78 Å². The van der Waals surface area contributed by atoms with Crippen LogP contribution in [-0.2, 0) is 10.8 Å². The third-order valence-electron chi connectivity index (χ3n) is 9.03. The van der Waals surface area contributed by atoms with Gasteiger partial charge in [-0.15, -0.1) is 0 Å². The molecule has 0 saturated carbocycles. The summed E-state index contributed by atoms with van der Waals surface area (Å²) in [5.41, 5.74) is 5.12. The zero-order valence-electron chi connectivity index (χ0n) is 27.5. The molecule has 0 aliphatic carbocycles. The van der Waals surface area contributed by atoms with E-state index < -0.39 is 0 Å². The zero-order chi connectivity index (χ0) is 33.9. The normalized spacial score (nSPS) is 11.1. The molecule has 0 aromatic heterocycles. The predicted octanol–water partition coefficient (Wildman–Crippen LogP) is 11.8. The fourth-order valence-electron chi connectivity index (χ4n) is 5.76. The molecule has 50 heavy (non-hydrogen) atoms. The SMILES string of the molecule is C.C.CC(C)(c1ccc(O)cc1)c1ccc(Oc2ccc(C(=O)c3ccc(Oc4ccc(C(C)(C)c5ccc(O)cc5)cc4)cc3)cc2)cc1. The van der Waals surface area contributed by atoms with Crippen molar-refractivity contribution < 1.29 is 24.5 Å². The second kappa shape index (κ2) is 15.2. The Hall–Kier alpha value is -5.81. The van der Waals surface area contributed by atoms with Gasteiger partial charge in [-0.05, 0) is 119 Å². The number of ether oxygens (including phenoxy) is 2. The fourth-order valence-corrected chi connectivity index (χ4v) is 5.76. The van der Waals surface area contributed by atoms with E-state index in [-0.39, 0.29) is 43.0 Å². The zero-order valence-corrected chi connectivity index (χ0v) is 27.5. The Balaban J connectivity index is 0.00000281. The largest absolute Gasteiger partial charge is 0.508 e. The lowest BCUT2D eigenvalue weighted by molar-refractivity contribution is 0.103. The van der Waals surface area contributed by atoms with Gasteiger partial charge in [0.1, 0.15) is 34.5 Å². The number of hydrogen-bond donors (Lipinski definition) is 2. The molecule has 0 aliphatic rings. The number of benzene rings is 6. The fraction of sp³-hybridized carbons (Fsp3) is 0.178. The Kier molecular flexibility index (Phi) is 11.2. The van der Waals surface area contributed by atoms with Crippen LogP contribution in [0, 0.1) is 0 Å². The topological polar surface area (TPSA) is 76.0 Å². The molecule has 5 heteroatoms. The highest BCUT2D eigenvalue weighted by molar-refractivity contribution is 6.09. The quantitative estimate of drug-likeness (QED) is 0.142. The van der Waals surface area contributed by atoms with Crippen molar-refractivity contribution in [3.8, 4) is 34.5 Å². The average Bonchev–Trinajstić information content (AvgIpc) is 3.09. The number of phenols is 2. The van der Waals surface area contributed by atoms with Crippen LogP contribution in [0.25, 0.3) is 0 Å². The number of phenolic OH excluding ortho intramolecular Hbond substituents is 2. The van der Waals surface area contributed by atoms with Crippen LogP contribution >= 0.6 is 0 Å². The summed E-state index contributed by atoms with van der Waals surface area (Å²) in [5.74, 6) is 3.09. The minimum absolute atomic E-state index is 0. The summed E-state index contributed by atoms with van der Waals surface area (Å²) in [6.45, 7) is 8.58. The summed E-state index contributed by atoms with van der Waals surface area (Å²) in [6, 6.07) is 44.8. The first kappa shape index (κ1) is 37.0. The van der Waals surface area contributed by atoms with Crippen molar-refractivity contribution in [3.63, 3.8) is 0 Å². The summed E-state index contributed by atoms with van der Waals surface area (Å²) in [7, 11) is 0. The van der Waals surface area contributed by atoms with Gasteiger partial charge in [0.15, 0.2) is 5.78 Å². The van der Waals surface area contributed by atoms with Crippen molar-refractivity contribution in [1.29, 1.82) is 0 Å². The van der Waals surface area contributed by atoms with E-state index in [1.165, 1.54) is 0 Å². The molecule has 0 fully saturated rings. The highest BCUT2D eigenvalue weighted by Crippen LogP contribution is 2.35. The van der Waals surface area contributed by atoms with Gasteiger partial charge < -0.3 is 19.7 Å². The van der Waals surface area contributed by atoms with Gasteiger partial charge in [-0.1, -0.05) is 91.1 Å². The summed E-state index contributed by atoms with van der Waals surface area (Å²) in [4.78, 5) is 13.2. The average molecular weight is 667 g/mol. The van der Waals surface area contributed by atoms with Gasteiger partial charge >= 0.3 is 0 Å². The van der Waals surface area contributed by atoms with Crippen molar-refractivity contribution in [2.45, 2.75) is 53.4 Å². The summed E-state index contributed by atoms with van der Waals surface area (Å²) >= 11 is 0. The molecule has 2 N–H and O–H groups in total. The van der Waals surface area contributed by atoms with Crippen LogP contribution in [0.3, 0.4) is 0 Å². The predicted molar refractivity (Wildman–Crippen MR) is 203 cm³/mol. The van der Waals surface area contributed by atoms with E-state index >= 15 is 0 Å². The van der Waals surface area contributed by atoms with Crippen molar-refractivity contribution in [2.75, 3.05) is 0 Å². The maximum atomic E-state index is 13.2. The second-order valence-electron chi connectivity index (χ2n) is 13.0. The highest BCUT2D eigenvalue weighted by atomic mass is 16.5. The monoisotopic (exact) mass is 666 g/mol. The lowest BCUT2D eigenvalue weighted by Gasteiger charge is -2.26. The molecule has 6 aromatic rings. The lowest BCUT2D eigenvalue weighted by Crippen LogP contribution is -2.18. The van der Waals surface area contributed by atoms with Crippen LogP contribution in [0.5, 0.6) is 34.5 Å². The van der Waals surface area contributed by atoms with Crippen LogP contribution in [-0.4, -0.2) is 16.0 Å². The number of hydrogen-bond acceptors (Lipinski definition) is 5. The molecule has 0 saturated heterocycles. The molecule has 5 nitrogen and oxygen atoms in total. The van der Waals surface area contributed by atoms with Crippen LogP contribution in [0.1, 0.15) is 80.7 Å². The van der Waals surface area contributed by atoms with E-state index in [2.05, 4.69) is 27.7 Å². The van der Waals surface area contributed by atoms with E-state index in [9.17, 15) is 15.0 Å². The van der Waals surface area contributed by atoms with Gasteiger partial charge in [-0.25, -0.2) is 0 Å². The Morgan fingerprint density at radius 2 is 0.620 bits per heavy atom. The van der Waals surface area contributed by atoms with E-state index in [0.29, 0.717) is 34.1 Å². The Morgan fingerprint density at radius 3 is 0.880 bits per heavy atom. The summed E-state index contributed by atoms with van der Waals surface area (Å²) < 4.78 is 12.1. The Labute approximate surface area is 296 Å². The maximum Gasteiger partial charge on any atom is 0.193 e. The second-order valence-corrected chi connectivity index (χ2v) is 13.0. The minimum Gasteiger partial charge on any atom is -0.508 e. The smallest absolute Gasteiger partial charge is 0.193 e. The van der Waals surface area contributed by atoms with Gasteiger partial charge in [-0.3, -0.25) is 4.79 Å². The molecule has 256 valence electrons. The van der Waals surface area contributed by atoms with Gasteiger partial charge in [-0.2, -0.15) is 0 Å². The minimum atomic E-state index is -0.238. The Morgan fingerprint density at radius 1 is 0.400 bits per heavy atom. The van der Waals surface area contributed by atoms with Crippen LogP contribution in [0.15, 0.2) is 146 Å². The number of rotatable bonds is 10. The van der Waals surface area contributed by atoms with Crippen molar-refractivity contribution in [1.82, 2.24) is 0 Å². The van der Waals surface area contributed by atoms with E-state index in [0.717, 1.165) is 22.3 Å². The Bertz CT molecular complexity index is 1840. The van der Waals surface area contributed by atoms with E-state index in [4.69, 9.17) is 9.47 Å². The number of ketones is 1. The molecule has 6 rings (SSSR count). The van der Waals surface area contributed by atoms with Gasteiger partial charge in [0.25, 0.3) is 0 Å².